The van der Waals surface area contributed by atoms with Crippen molar-refractivity contribution in [1.29, 1.82) is 0 Å². The molecular formula is C20H18N4O3S. The number of hydrogen-bond donors (Lipinski definition) is 1. The lowest BCUT2D eigenvalue weighted by atomic mass is 10.2. The number of carboxylic acid groups (broad SMARTS) is 1. The van der Waals surface area contributed by atoms with Crippen LogP contribution in [-0.2, 0) is 7.05 Å². The van der Waals surface area contributed by atoms with Gasteiger partial charge in [0.25, 0.3) is 0 Å². The standard InChI is InChI=1S/C20H18N4O3S/c1-12-19(28-18-6-4-5-16(22-18)20(25)26)15-8-7-14(27-3)9-17(15)24(12)13-10-21-23(2)11-13/h4-11H,1-3H3,(H,25,26). The third kappa shape index (κ3) is 3.11. The van der Waals surface area contributed by atoms with Gasteiger partial charge in [0.1, 0.15) is 16.5 Å². The first-order chi connectivity index (χ1) is 13.5. The molecule has 0 aliphatic carbocycles. The number of aryl methyl sites for hydroxylation is 1. The van der Waals surface area contributed by atoms with Gasteiger partial charge in [-0.05, 0) is 31.2 Å². The number of carbonyl (C=O) groups is 1. The normalized spacial score (nSPS) is 11.1. The SMILES string of the molecule is COc1ccc2c(Sc3cccc(C(=O)O)n3)c(C)n(-c3cnn(C)c3)c2c1. The maximum absolute atomic E-state index is 11.2. The minimum atomic E-state index is -1.04. The van der Waals surface area contributed by atoms with Crippen molar-refractivity contribution in [3.05, 3.63) is 60.2 Å². The summed E-state index contributed by atoms with van der Waals surface area (Å²) in [5, 5.41) is 15.2. The van der Waals surface area contributed by atoms with Crippen molar-refractivity contribution in [2.24, 2.45) is 7.05 Å². The first-order valence-electron chi connectivity index (χ1n) is 8.54. The molecule has 28 heavy (non-hydrogen) atoms. The molecule has 0 spiro atoms. The van der Waals surface area contributed by atoms with Crippen LogP contribution in [0.2, 0.25) is 0 Å². The number of rotatable bonds is 5. The third-order valence-electron chi connectivity index (χ3n) is 4.45. The van der Waals surface area contributed by atoms with Gasteiger partial charge in [0.15, 0.2) is 0 Å². The average molecular weight is 394 g/mol. The third-order valence-corrected chi connectivity index (χ3v) is 5.61. The molecule has 7 nitrogen and oxygen atoms in total. The van der Waals surface area contributed by atoms with Gasteiger partial charge in [-0.2, -0.15) is 5.10 Å². The van der Waals surface area contributed by atoms with E-state index in [9.17, 15) is 9.90 Å². The minimum Gasteiger partial charge on any atom is -0.497 e. The van der Waals surface area contributed by atoms with E-state index in [4.69, 9.17) is 4.74 Å². The van der Waals surface area contributed by atoms with Crippen LogP contribution in [0.5, 0.6) is 5.75 Å². The van der Waals surface area contributed by atoms with Gasteiger partial charge in [0.2, 0.25) is 0 Å². The van der Waals surface area contributed by atoms with E-state index in [1.165, 1.54) is 17.8 Å². The van der Waals surface area contributed by atoms with Crippen molar-refractivity contribution in [2.45, 2.75) is 16.8 Å². The van der Waals surface area contributed by atoms with E-state index in [0.717, 1.165) is 32.9 Å². The van der Waals surface area contributed by atoms with Crippen LogP contribution in [0.4, 0.5) is 0 Å². The summed E-state index contributed by atoms with van der Waals surface area (Å²) in [4.78, 5) is 16.5. The van der Waals surface area contributed by atoms with E-state index >= 15 is 0 Å². The Hall–Kier alpha value is -3.26. The highest BCUT2D eigenvalue weighted by atomic mass is 32.2. The number of fused-ring (bicyclic) bond motifs is 1. The number of methoxy groups -OCH3 is 1. The minimum absolute atomic E-state index is 0.0281. The molecule has 0 atom stereocenters. The Morgan fingerprint density at radius 3 is 2.75 bits per heavy atom. The van der Waals surface area contributed by atoms with Crippen molar-refractivity contribution in [3.63, 3.8) is 0 Å². The highest BCUT2D eigenvalue weighted by Crippen LogP contribution is 2.40. The molecule has 0 unspecified atom stereocenters. The zero-order valence-corrected chi connectivity index (χ0v) is 16.4. The lowest BCUT2D eigenvalue weighted by molar-refractivity contribution is 0.0689. The summed E-state index contributed by atoms with van der Waals surface area (Å²) in [5.74, 6) is -0.278. The second-order valence-corrected chi connectivity index (χ2v) is 7.30. The second-order valence-electron chi connectivity index (χ2n) is 6.27. The van der Waals surface area contributed by atoms with Gasteiger partial charge in [-0.3, -0.25) is 4.68 Å². The highest BCUT2D eigenvalue weighted by Gasteiger charge is 2.19. The second kappa shape index (κ2) is 7.05. The van der Waals surface area contributed by atoms with Gasteiger partial charge in [0.05, 0.1) is 24.5 Å². The molecule has 0 aliphatic heterocycles. The molecule has 0 amide bonds. The molecule has 3 heterocycles. The van der Waals surface area contributed by atoms with Crippen molar-refractivity contribution < 1.29 is 14.6 Å². The monoisotopic (exact) mass is 394 g/mol. The van der Waals surface area contributed by atoms with Crippen LogP contribution >= 0.6 is 11.8 Å². The number of aromatic nitrogens is 4. The lowest BCUT2D eigenvalue weighted by Crippen LogP contribution is -2.00. The Morgan fingerprint density at radius 2 is 2.07 bits per heavy atom. The predicted molar refractivity (Wildman–Crippen MR) is 107 cm³/mol. The van der Waals surface area contributed by atoms with Crippen molar-refractivity contribution in [3.8, 4) is 11.4 Å². The Kier molecular flexibility index (Phi) is 4.56. The molecule has 8 heteroatoms. The van der Waals surface area contributed by atoms with Gasteiger partial charge in [-0.25, -0.2) is 9.78 Å². The van der Waals surface area contributed by atoms with Crippen molar-refractivity contribution in [1.82, 2.24) is 19.3 Å². The highest BCUT2D eigenvalue weighted by molar-refractivity contribution is 7.99. The fraction of sp³-hybridized carbons (Fsp3) is 0.150. The average Bonchev–Trinajstić information content (AvgIpc) is 3.22. The smallest absolute Gasteiger partial charge is 0.354 e. The van der Waals surface area contributed by atoms with E-state index in [0.29, 0.717) is 5.03 Å². The maximum atomic E-state index is 11.2. The Bertz CT molecular complexity index is 1200. The van der Waals surface area contributed by atoms with E-state index in [1.807, 2.05) is 50.6 Å². The van der Waals surface area contributed by atoms with Crippen LogP contribution in [0.15, 0.2) is 58.7 Å². The number of carboxylic acids is 1. The zero-order valence-electron chi connectivity index (χ0n) is 15.6. The topological polar surface area (TPSA) is 82.2 Å². The fourth-order valence-corrected chi connectivity index (χ4v) is 4.19. The molecule has 0 saturated heterocycles. The maximum Gasteiger partial charge on any atom is 0.354 e. The number of nitrogens with zero attached hydrogens (tertiary/aromatic N) is 4. The molecule has 142 valence electrons. The van der Waals surface area contributed by atoms with Crippen LogP contribution in [0.1, 0.15) is 16.2 Å². The first-order valence-corrected chi connectivity index (χ1v) is 9.36. The molecule has 0 aliphatic rings. The van der Waals surface area contributed by atoms with Crippen LogP contribution < -0.4 is 4.74 Å². The van der Waals surface area contributed by atoms with Crippen LogP contribution in [0.3, 0.4) is 0 Å². The molecule has 3 aromatic heterocycles. The molecule has 0 radical (unpaired) electrons. The number of aromatic carboxylic acids is 1. The molecule has 4 rings (SSSR count). The van der Waals surface area contributed by atoms with E-state index in [1.54, 1.807) is 17.9 Å². The molecule has 4 aromatic rings. The van der Waals surface area contributed by atoms with Gasteiger partial charge >= 0.3 is 5.97 Å². The summed E-state index contributed by atoms with van der Waals surface area (Å²) in [6, 6.07) is 10.9. The summed E-state index contributed by atoms with van der Waals surface area (Å²) in [5.41, 5.74) is 2.98. The molecule has 0 saturated carbocycles. The van der Waals surface area contributed by atoms with Gasteiger partial charge in [-0.15, -0.1) is 0 Å². The molecular weight excluding hydrogens is 376 g/mol. The van der Waals surface area contributed by atoms with Crippen molar-refractivity contribution >= 4 is 28.6 Å². The van der Waals surface area contributed by atoms with Crippen LogP contribution in [0.25, 0.3) is 16.6 Å². The summed E-state index contributed by atoms with van der Waals surface area (Å²) in [6.07, 6.45) is 3.76. The predicted octanol–water partition coefficient (Wildman–Crippen LogP) is 3.93. The van der Waals surface area contributed by atoms with E-state index in [2.05, 4.69) is 14.6 Å². The number of benzene rings is 1. The lowest BCUT2D eigenvalue weighted by Gasteiger charge is -2.06. The fourth-order valence-electron chi connectivity index (χ4n) is 3.17. The summed E-state index contributed by atoms with van der Waals surface area (Å²) >= 11 is 1.45. The Balaban J connectivity index is 1.90. The summed E-state index contributed by atoms with van der Waals surface area (Å²) in [7, 11) is 3.52. The number of pyridine rings is 1. The zero-order chi connectivity index (χ0) is 19.8. The molecule has 0 fully saturated rings. The van der Waals surface area contributed by atoms with Gasteiger partial charge < -0.3 is 14.4 Å². The Morgan fingerprint density at radius 1 is 1.25 bits per heavy atom. The number of ether oxygens (including phenoxy) is 1. The van der Waals surface area contributed by atoms with E-state index in [-0.39, 0.29) is 5.69 Å². The van der Waals surface area contributed by atoms with Crippen LogP contribution in [0, 0.1) is 6.92 Å². The Labute approximate surface area is 165 Å². The molecule has 1 aromatic carbocycles. The molecule has 0 bridgehead atoms. The molecule has 1 N–H and O–H groups in total. The van der Waals surface area contributed by atoms with E-state index < -0.39 is 5.97 Å². The number of hydrogen-bond acceptors (Lipinski definition) is 5. The van der Waals surface area contributed by atoms with Gasteiger partial charge in [0, 0.05) is 35.3 Å². The first kappa shape index (κ1) is 18.1. The summed E-state index contributed by atoms with van der Waals surface area (Å²) in [6.45, 7) is 2.03. The van der Waals surface area contributed by atoms with Crippen LogP contribution in [-0.4, -0.2) is 37.5 Å². The summed E-state index contributed by atoms with van der Waals surface area (Å²) < 4.78 is 9.28. The quantitative estimate of drug-likeness (QED) is 0.552. The van der Waals surface area contributed by atoms with Crippen molar-refractivity contribution in [2.75, 3.05) is 7.11 Å². The largest absolute Gasteiger partial charge is 0.497 e. The van der Waals surface area contributed by atoms with Gasteiger partial charge in [-0.1, -0.05) is 17.8 Å².